The van der Waals surface area contributed by atoms with Gasteiger partial charge in [0.05, 0.1) is 42.9 Å². The van der Waals surface area contributed by atoms with Crippen LogP contribution in [0, 0.1) is 0 Å². The van der Waals surface area contributed by atoms with Crippen LogP contribution in [0.15, 0.2) is 18.2 Å². The fourth-order valence-corrected chi connectivity index (χ4v) is 3.64. The maximum absolute atomic E-state index is 12.1. The molecule has 0 bridgehead atoms. The van der Waals surface area contributed by atoms with Crippen molar-refractivity contribution >= 4 is 33.3 Å². The molecule has 7 nitrogen and oxygen atoms in total. The first kappa shape index (κ1) is 19.0. The number of hydrogen-bond acceptors (Lipinski definition) is 6. The van der Waals surface area contributed by atoms with Crippen molar-refractivity contribution in [3.8, 4) is 0 Å². The molecule has 0 N–H and O–H groups in total. The van der Waals surface area contributed by atoms with E-state index < -0.39 is 16.0 Å². The highest BCUT2D eigenvalue weighted by Crippen LogP contribution is 2.26. The number of rotatable bonds is 6. The summed E-state index contributed by atoms with van der Waals surface area (Å²) in [5.74, 6) is -0.564. The third-order valence-electron chi connectivity index (χ3n) is 3.77. The molecule has 1 saturated heterocycles. The summed E-state index contributed by atoms with van der Waals surface area (Å²) in [5.41, 5.74) is 0.618. The molecule has 0 amide bonds. The van der Waals surface area contributed by atoms with Gasteiger partial charge in [-0.05, 0) is 18.2 Å². The molecular formula is C15H21ClN2O5S. The maximum Gasteiger partial charge on any atom is 0.339 e. The number of anilines is 1. The van der Waals surface area contributed by atoms with E-state index in [1.165, 1.54) is 23.5 Å². The van der Waals surface area contributed by atoms with Crippen molar-refractivity contribution < 1.29 is 22.7 Å². The Morgan fingerprint density at radius 3 is 2.58 bits per heavy atom. The van der Waals surface area contributed by atoms with Crippen molar-refractivity contribution in [2.45, 2.75) is 0 Å². The molecule has 0 radical (unpaired) electrons. The molecule has 1 fully saturated rings. The molecule has 2 rings (SSSR count). The average Bonchev–Trinajstić information content (AvgIpc) is 2.54. The fourth-order valence-electron chi connectivity index (χ4n) is 2.48. The first-order valence-electron chi connectivity index (χ1n) is 7.48. The summed E-state index contributed by atoms with van der Waals surface area (Å²) in [6.45, 7) is 3.75. The summed E-state index contributed by atoms with van der Waals surface area (Å²) >= 11 is 6.10. The number of benzene rings is 1. The number of carbonyl (C=O) groups excluding carboxylic acids is 1. The largest absolute Gasteiger partial charge is 0.465 e. The number of hydrogen-bond donors (Lipinski definition) is 0. The van der Waals surface area contributed by atoms with Crippen molar-refractivity contribution in [1.29, 1.82) is 0 Å². The van der Waals surface area contributed by atoms with Gasteiger partial charge in [0.2, 0.25) is 10.0 Å². The second-order valence-electron chi connectivity index (χ2n) is 5.44. The van der Waals surface area contributed by atoms with Crippen LogP contribution in [-0.4, -0.2) is 72.0 Å². The number of nitrogens with zero attached hydrogens (tertiary/aromatic N) is 2. The molecule has 0 saturated carbocycles. The van der Waals surface area contributed by atoms with E-state index in [2.05, 4.69) is 9.64 Å². The first-order valence-corrected chi connectivity index (χ1v) is 9.71. The zero-order chi connectivity index (χ0) is 17.7. The normalized spacial score (nSPS) is 16.0. The van der Waals surface area contributed by atoms with Crippen LogP contribution in [0.1, 0.15) is 10.4 Å². The van der Waals surface area contributed by atoms with E-state index in [1.54, 1.807) is 6.07 Å². The Balaban J connectivity index is 2.18. The molecule has 1 aromatic carbocycles. The van der Waals surface area contributed by atoms with Crippen LogP contribution in [0.5, 0.6) is 0 Å². The van der Waals surface area contributed by atoms with Crippen molar-refractivity contribution in [1.82, 2.24) is 4.90 Å². The monoisotopic (exact) mass is 376 g/mol. The Labute approximate surface area is 147 Å². The standard InChI is InChI=1S/C15H21ClN2O5S/c1-22-15(19)13-4-3-12(11-14(13)16)18(24(2,20)21)6-5-17-7-9-23-10-8-17/h3-4,11H,5-10H2,1-2H3. The van der Waals surface area contributed by atoms with Crippen LogP contribution >= 0.6 is 11.6 Å². The van der Waals surface area contributed by atoms with E-state index in [0.29, 0.717) is 32.0 Å². The second kappa shape index (κ2) is 8.15. The molecule has 0 atom stereocenters. The molecule has 1 aromatic rings. The molecular weight excluding hydrogens is 356 g/mol. The number of methoxy groups -OCH3 is 1. The maximum atomic E-state index is 12.1. The number of sulfonamides is 1. The molecule has 24 heavy (non-hydrogen) atoms. The van der Waals surface area contributed by atoms with E-state index in [1.807, 2.05) is 0 Å². The van der Waals surface area contributed by atoms with E-state index in [9.17, 15) is 13.2 Å². The van der Waals surface area contributed by atoms with Gasteiger partial charge in [0.25, 0.3) is 0 Å². The van der Waals surface area contributed by atoms with Gasteiger partial charge in [0.1, 0.15) is 0 Å². The summed E-state index contributed by atoms with van der Waals surface area (Å²) in [5, 5.41) is 0.152. The van der Waals surface area contributed by atoms with Crippen molar-refractivity contribution in [2.75, 3.05) is 57.1 Å². The van der Waals surface area contributed by atoms with Crippen LogP contribution in [0.2, 0.25) is 5.02 Å². The molecule has 1 aliphatic rings. The SMILES string of the molecule is COC(=O)c1ccc(N(CCN2CCOCC2)S(C)(=O)=O)cc1Cl. The van der Waals surface area contributed by atoms with E-state index in [4.69, 9.17) is 16.3 Å². The topological polar surface area (TPSA) is 76.2 Å². The van der Waals surface area contributed by atoms with Crippen LogP contribution in [0.25, 0.3) is 0 Å². The van der Waals surface area contributed by atoms with Crippen LogP contribution in [0.4, 0.5) is 5.69 Å². The van der Waals surface area contributed by atoms with Crippen molar-refractivity contribution in [2.24, 2.45) is 0 Å². The molecule has 1 aliphatic heterocycles. The lowest BCUT2D eigenvalue weighted by atomic mass is 10.2. The molecule has 0 spiro atoms. The third kappa shape index (κ3) is 4.83. The van der Waals surface area contributed by atoms with Crippen LogP contribution in [-0.2, 0) is 19.5 Å². The Morgan fingerprint density at radius 2 is 2.04 bits per heavy atom. The smallest absolute Gasteiger partial charge is 0.339 e. The summed E-state index contributed by atoms with van der Waals surface area (Å²) in [4.78, 5) is 13.7. The number of carbonyl (C=O) groups is 1. The summed E-state index contributed by atoms with van der Waals surface area (Å²) in [6, 6.07) is 4.49. The molecule has 0 unspecified atom stereocenters. The molecule has 1 heterocycles. The van der Waals surface area contributed by atoms with Crippen LogP contribution in [0.3, 0.4) is 0 Å². The van der Waals surface area contributed by atoms with Crippen molar-refractivity contribution in [3.63, 3.8) is 0 Å². The van der Waals surface area contributed by atoms with Gasteiger partial charge in [-0.1, -0.05) is 11.6 Å². The number of ether oxygens (including phenoxy) is 2. The zero-order valence-corrected chi connectivity index (χ0v) is 15.3. The highest BCUT2D eigenvalue weighted by Gasteiger charge is 2.21. The second-order valence-corrected chi connectivity index (χ2v) is 7.76. The third-order valence-corrected chi connectivity index (χ3v) is 5.28. The fraction of sp³-hybridized carbons (Fsp3) is 0.533. The van der Waals surface area contributed by atoms with Gasteiger partial charge in [0.15, 0.2) is 0 Å². The highest BCUT2D eigenvalue weighted by atomic mass is 35.5. The zero-order valence-electron chi connectivity index (χ0n) is 13.7. The lowest BCUT2D eigenvalue weighted by Crippen LogP contribution is -2.43. The Kier molecular flexibility index (Phi) is 6.45. The summed E-state index contributed by atoms with van der Waals surface area (Å²) < 4.78 is 35.5. The summed E-state index contributed by atoms with van der Waals surface area (Å²) in [7, 11) is -2.21. The quantitative estimate of drug-likeness (QED) is 0.695. The van der Waals surface area contributed by atoms with Gasteiger partial charge in [-0.2, -0.15) is 0 Å². The first-order chi connectivity index (χ1) is 11.3. The minimum absolute atomic E-state index is 0.152. The Morgan fingerprint density at radius 1 is 1.38 bits per heavy atom. The Hall–Kier alpha value is -1.35. The summed E-state index contributed by atoms with van der Waals surface area (Å²) in [6.07, 6.45) is 1.15. The van der Waals surface area contributed by atoms with E-state index in [-0.39, 0.29) is 10.6 Å². The van der Waals surface area contributed by atoms with Gasteiger partial charge < -0.3 is 9.47 Å². The van der Waals surface area contributed by atoms with Crippen LogP contribution < -0.4 is 4.31 Å². The predicted octanol–water partition coefficient (Wildman–Crippen LogP) is 1.22. The number of halogens is 1. The van der Waals surface area contributed by atoms with E-state index in [0.717, 1.165) is 19.3 Å². The highest BCUT2D eigenvalue weighted by molar-refractivity contribution is 7.92. The number of esters is 1. The minimum Gasteiger partial charge on any atom is -0.465 e. The average molecular weight is 377 g/mol. The lowest BCUT2D eigenvalue weighted by Gasteiger charge is -2.30. The van der Waals surface area contributed by atoms with Gasteiger partial charge in [0, 0.05) is 26.2 Å². The van der Waals surface area contributed by atoms with E-state index >= 15 is 0 Å². The molecule has 0 aromatic heterocycles. The van der Waals surface area contributed by atoms with Crippen molar-refractivity contribution in [3.05, 3.63) is 28.8 Å². The molecule has 9 heteroatoms. The molecule has 0 aliphatic carbocycles. The minimum atomic E-state index is -3.47. The Bertz CT molecular complexity index is 689. The number of morpholine rings is 1. The predicted molar refractivity (Wildman–Crippen MR) is 92.2 cm³/mol. The lowest BCUT2D eigenvalue weighted by molar-refractivity contribution is 0.0395. The van der Waals surface area contributed by atoms with Gasteiger partial charge in [-0.3, -0.25) is 9.21 Å². The molecule has 134 valence electrons. The van der Waals surface area contributed by atoms with Gasteiger partial charge in [-0.15, -0.1) is 0 Å². The van der Waals surface area contributed by atoms with Gasteiger partial charge in [-0.25, -0.2) is 13.2 Å². The van der Waals surface area contributed by atoms with Gasteiger partial charge >= 0.3 is 5.97 Å².